The van der Waals surface area contributed by atoms with E-state index in [1.807, 2.05) is 30.3 Å². The number of methoxy groups -OCH3 is 1. The highest BCUT2D eigenvalue weighted by Crippen LogP contribution is 2.18. The zero-order valence-corrected chi connectivity index (χ0v) is 16.4. The first kappa shape index (κ1) is 21.0. The lowest BCUT2D eigenvalue weighted by molar-refractivity contribution is 0.0234. The Balaban J connectivity index is 1.64. The largest absolute Gasteiger partial charge is 0.465 e. The van der Waals surface area contributed by atoms with Crippen molar-refractivity contribution in [3.63, 3.8) is 0 Å². The molecule has 30 heavy (non-hydrogen) atoms. The summed E-state index contributed by atoms with van der Waals surface area (Å²) in [6.45, 7) is 0.521. The first-order valence-corrected chi connectivity index (χ1v) is 9.24. The van der Waals surface area contributed by atoms with Gasteiger partial charge in [-0.15, -0.1) is 0 Å². The normalized spacial score (nSPS) is 10.3. The zero-order chi connectivity index (χ0) is 21.3. The first-order chi connectivity index (χ1) is 14.6. The summed E-state index contributed by atoms with van der Waals surface area (Å²) in [5, 5.41) is 3.13. The Kier molecular flexibility index (Phi) is 7.13. The van der Waals surface area contributed by atoms with Crippen LogP contribution in [0.25, 0.3) is 0 Å². The Hall–Kier alpha value is -3.71. The molecule has 0 spiro atoms. The average molecular weight is 408 g/mol. The fourth-order valence-electron chi connectivity index (χ4n) is 2.80. The first-order valence-electron chi connectivity index (χ1n) is 9.24. The molecule has 0 saturated heterocycles. The van der Waals surface area contributed by atoms with Gasteiger partial charge >= 0.3 is 5.97 Å². The van der Waals surface area contributed by atoms with Crippen molar-refractivity contribution in [2.24, 2.45) is 0 Å². The lowest BCUT2D eigenvalue weighted by Crippen LogP contribution is -2.24. The number of hydrogen-bond donors (Lipinski definition) is 2. The van der Waals surface area contributed by atoms with E-state index in [0.717, 1.165) is 5.56 Å². The molecule has 0 saturated carbocycles. The lowest BCUT2D eigenvalue weighted by atomic mass is 10.1. The smallest absolute Gasteiger partial charge is 0.340 e. The molecule has 154 valence electrons. The number of hydrogen-bond acceptors (Lipinski definition) is 5. The van der Waals surface area contributed by atoms with Crippen LogP contribution in [0.15, 0.2) is 72.8 Å². The zero-order valence-electron chi connectivity index (χ0n) is 16.4. The molecule has 3 rings (SSSR count). The molecule has 0 atom stereocenters. The van der Waals surface area contributed by atoms with E-state index in [4.69, 9.17) is 4.84 Å². The molecule has 2 N–H and O–H groups in total. The number of benzene rings is 3. The molecule has 3 aromatic carbocycles. The number of anilines is 1. The Labute approximate surface area is 173 Å². The van der Waals surface area contributed by atoms with Crippen molar-refractivity contribution >= 4 is 17.6 Å². The topological polar surface area (TPSA) is 76.7 Å². The highest BCUT2D eigenvalue weighted by atomic mass is 19.1. The van der Waals surface area contributed by atoms with Crippen molar-refractivity contribution in [3.8, 4) is 0 Å². The molecule has 0 radical (unpaired) electrons. The van der Waals surface area contributed by atoms with E-state index in [0.29, 0.717) is 16.8 Å². The number of ether oxygens (including phenoxy) is 1. The van der Waals surface area contributed by atoms with E-state index in [2.05, 4.69) is 15.5 Å². The van der Waals surface area contributed by atoms with Crippen molar-refractivity contribution in [1.82, 2.24) is 5.48 Å². The third-order valence-corrected chi connectivity index (χ3v) is 4.34. The molecular weight excluding hydrogens is 387 g/mol. The van der Waals surface area contributed by atoms with Gasteiger partial charge in [0.1, 0.15) is 5.82 Å². The number of amides is 1. The monoisotopic (exact) mass is 408 g/mol. The molecule has 0 unspecified atom stereocenters. The van der Waals surface area contributed by atoms with Crippen LogP contribution in [-0.4, -0.2) is 19.0 Å². The lowest BCUT2D eigenvalue weighted by Gasteiger charge is -2.13. The van der Waals surface area contributed by atoms with Crippen molar-refractivity contribution in [2.75, 3.05) is 12.4 Å². The molecule has 0 aliphatic heterocycles. The molecule has 0 heterocycles. The summed E-state index contributed by atoms with van der Waals surface area (Å²) in [5.41, 5.74) is 4.85. The van der Waals surface area contributed by atoms with E-state index in [9.17, 15) is 14.0 Å². The number of hydroxylamine groups is 1. The van der Waals surface area contributed by atoms with E-state index in [1.165, 1.54) is 19.2 Å². The summed E-state index contributed by atoms with van der Waals surface area (Å²) < 4.78 is 18.4. The molecule has 6 nitrogen and oxygen atoms in total. The fourth-order valence-corrected chi connectivity index (χ4v) is 2.80. The number of halogens is 1. The maximum atomic E-state index is 13.8. The summed E-state index contributed by atoms with van der Waals surface area (Å²) in [6.07, 6.45) is 0. The molecule has 0 aliphatic rings. The van der Waals surface area contributed by atoms with Gasteiger partial charge in [-0.1, -0.05) is 48.5 Å². The van der Waals surface area contributed by atoms with Crippen LogP contribution in [-0.2, 0) is 22.7 Å². The van der Waals surface area contributed by atoms with Crippen molar-refractivity contribution in [3.05, 3.63) is 101 Å². The maximum Gasteiger partial charge on any atom is 0.340 e. The minimum absolute atomic E-state index is 0.142. The quantitative estimate of drug-likeness (QED) is 0.434. The van der Waals surface area contributed by atoms with Crippen molar-refractivity contribution < 1.29 is 23.6 Å². The van der Waals surface area contributed by atoms with Gasteiger partial charge in [0, 0.05) is 12.2 Å². The van der Waals surface area contributed by atoms with Crippen LogP contribution in [0, 0.1) is 5.82 Å². The van der Waals surface area contributed by atoms with Gasteiger partial charge in [-0.3, -0.25) is 9.63 Å². The van der Waals surface area contributed by atoms with Gasteiger partial charge in [0.25, 0.3) is 5.91 Å². The number of nitrogens with one attached hydrogen (secondary N) is 2. The van der Waals surface area contributed by atoms with Crippen molar-refractivity contribution in [2.45, 2.75) is 13.2 Å². The van der Waals surface area contributed by atoms with E-state index < -0.39 is 17.7 Å². The van der Waals surface area contributed by atoms with Crippen LogP contribution in [0.1, 0.15) is 31.8 Å². The Morgan fingerprint density at radius 3 is 2.40 bits per heavy atom. The van der Waals surface area contributed by atoms with E-state index in [-0.39, 0.29) is 18.7 Å². The predicted molar refractivity (Wildman–Crippen MR) is 110 cm³/mol. The highest BCUT2D eigenvalue weighted by molar-refractivity contribution is 5.99. The number of para-hydroxylation sites is 1. The van der Waals surface area contributed by atoms with Gasteiger partial charge in [0.05, 0.1) is 24.8 Å². The second-order valence-corrected chi connectivity index (χ2v) is 6.41. The average Bonchev–Trinajstić information content (AvgIpc) is 2.79. The van der Waals surface area contributed by atoms with Crippen LogP contribution in [0.2, 0.25) is 0 Å². The van der Waals surface area contributed by atoms with Crippen LogP contribution in [0.4, 0.5) is 10.1 Å². The van der Waals surface area contributed by atoms with E-state index in [1.54, 1.807) is 30.3 Å². The second-order valence-electron chi connectivity index (χ2n) is 6.41. The molecule has 0 aromatic heterocycles. The van der Waals surface area contributed by atoms with Crippen LogP contribution < -0.4 is 10.8 Å². The summed E-state index contributed by atoms with van der Waals surface area (Å²) in [7, 11) is 1.20. The van der Waals surface area contributed by atoms with Crippen molar-refractivity contribution in [1.29, 1.82) is 0 Å². The Morgan fingerprint density at radius 1 is 0.900 bits per heavy atom. The van der Waals surface area contributed by atoms with Crippen LogP contribution >= 0.6 is 0 Å². The number of carbonyl (C=O) groups excluding carboxylic acids is 2. The standard InChI is InChI=1S/C23H21FN2O4/c1-29-23(28)19-13-17(11-12-20(19)24)14-25-21-10-6-5-9-18(21)22(27)26-30-15-16-7-3-2-4-8-16/h2-13,25H,14-15H2,1H3,(H,26,27). The Bertz CT molecular complexity index is 1020. The van der Waals surface area contributed by atoms with Gasteiger partial charge in [-0.2, -0.15) is 0 Å². The van der Waals surface area contributed by atoms with Gasteiger partial charge < -0.3 is 10.1 Å². The van der Waals surface area contributed by atoms with E-state index >= 15 is 0 Å². The van der Waals surface area contributed by atoms with Gasteiger partial charge in [-0.25, -0.2) is 14.7 Å². The molecule has 0 bridgehead atoms. The number of rotatable bonds is 8. The summed E-state index contributed by atoms with van der Waals surface area (Å²) >= 11 is 0. The molecule has 0 aliphatic carbocycles. The fraction of sp³-hybridized carbons (Fsp3) is 0.130. The molecule has 1 amide bonds. The van der Waals surface area contributed by atoms with Gasteiger partial charge in [0.15, 0.2) is 0 Å². The summed E-state index contributed by atoms with van der Waals surface area (Å²) in [6, 6.07) is 20.6. The number of esters is 1. The number of carbonyl (C=O) groups is 2. The molecule has 3 aromatic rings. The van der Waals surface area contributed by atoms with Crippen LogP contribution in [0.3, 0.4) is 0 Å². The molecule has 7 heteroatoms. The highest BCUT2D eigenvalue weighted by Gasteiger charge is 2.14. The SMILES string of the molecule is COC(=O)c1cc(CNc2ccccc2C(=O)NOCc2ccccc2)ccc1F. The Morgan fingerprint density at radius 2 is 1.63 bits per heavy atom. The minimum Gasteiger partial charge on any atom is -0.465 e. The minimum atomic E-state index is -0.746. The summed E-state index contributed by atoms with van der Waals surface area (Å²) in [5.74, 6) is -1.80. The maximum absolute atomic E-state index is 13.8. The molecular formula is C23H21FN2O4. The van der Waals surface area contributed by atoms with Gasteiger partial charge in [-0.05, 0) is 35.4 Å². The van der Waals surface area contributed by atoms with Crippen LogP contribution in [0.5, 0.6) is 0 Å². The summed E-state index contributed by atoms with van der Waals surface area (Å²) in [4.78, 5) is 29.5. The third kappa shape index (κ3) is 5.42. The predicted octanol–water partition coefficient (Wildman–Crippen LogP) is 4.09. The third-order valence-electron chi connectivity index (χ3n) is 4.34. The second kappa shape index (κ2) is 10.2. The molecule has 0 fully saturated rings. The van der Waals surface area contributed by atoms with Gasteiger partial charge in [0.2, 0.25) is 0 Å².